The normalized spacial score (nSPS) is 11.6. The van der Waals surface area contributed by atoms with Gasteiger partial charge in [-0.05, 0) is 18.2 Å². The molecule has 18 heavy (non-hydrogen) atoms. The lowest BCUT2D eigenvalue weighted by molar-refractivity contribution is 0.582. The topological polar surface area (TPSA) is 101 Å². The highest BCUT2D eigenvalue weighted by atomic mass is 79.9. The minimum Gasteiger partial charge on any atom is -0.398 e. The SMILES string of the molecule is Nc1cc(Br)ccc1S(=O)(=O)NCc1cn[nH]c1. The van der Waals surface area contributed by atoms with Crippen molar-refractivity contribution in [2.45, 2.75) is 11.4 Å². The van der Waals surface area contributed by atoms with Gasteiger partial charge in [0.05, 0.1) is 11.9 Å². The second kappa shape index (κ2) is 5.09. The minimum atomic E-state index is -3.62. The Labute approximate surface area is 113 Å². The average Bonchev–Trinajstić information content (AvgIpc) is 2.78. The number of hydrogen-bond acceptors (Lipinski definition) is 4. The number of hydrogen-bond donors (Lipinski definition) is 3. The molecule has 0 bridgehead atoms. The summed E-state index contributed by atoms with van der Waals surface area (Å²) in [5, 5.41) is 6.34. The number of aromatic amines is 1. The predicted octanol–water partition coefficient (Wildman–Crippen LogP) is 1.23. The van der Waals surface area contributed by atoms with Crippen molar-refractivity contribution in [1.29, 1.82) is 0 Å². The van der Waals surface area contributed by atoms with Crippen molar-refractivity contribution in [2.24, 2.45) is 0 Å². The number of aromatic nitrogens is 2. The van der Waals surface area contributed by atoms with Gasteiger partial charge in [-0.3, -0.25) is 5.10 Å². The van der Waals surface area contributed by atoms with Crippen molar-refractivity contribution >= 4 is 31.6 Å². The molecule has 0 saturated carbocycles. The summed E-state index contributed by atoms with van der Waals surface area (Å²) in [5.74, 6) is 0. The average molecular weight is 331 g/mol. The first-order chi connectivity index (χ1) is 8.49. The smallest absolute Gasteiger partial charge is 0.242 e. The third kappa shape index (κ3) is 2.89. The molecule has 0 spiro atoms. The Balaban J connectivity index is 2.20. The van der Waals surface area contributed by atoms with Crippen LogP contribution in [-0.2, 0) is 16.6 Å². The summed E-state index contributed by atoms with van der Waals surface area (Å²) in [6, 6.07) is 4.63. The Bertz CT molecular complexity index is 640. The number of benzene rings is 1. The molecule has 0 aliphatic heterocycles. The fourth-order valence-corrected chi connectivity index (χ4v) is 2.90. The van der Waals surface area contributed by atoms with Gasteiger partial charge in [-0.15, -0.1) is 0 Å². The zero-order valence-corrected chi connectivity index (χ0v) is 11.6. The van der Waals surface area contributed by atoms with Crippen LogP contribution in [0, 0.1) is 0 Å². The molecule has 0 aliphatic carbocycles. The van der Waals surface area contributed by atoms with Crippen LogP contribution in [0.2, 0.25) is 0 Å². The number of nitrogens with one attached hydrogen (secondary N) is 2. The second-order valence-electron chi connectivity index (χ2n) is 3.61. The standard InChI is InChI=1S/C10H11BrN4O2S/c11-8-1-2-10(9(12)3-8)18(16,17)15-6-7-4-13-14-5-7/h1-5,15H,6,12H2,(H,13,14). The van der Waals surface area contributed by atoms with E-state index in [2.05, 4.69) is 30.8 Å². The van der Waals surface area contributed by atoms with E-state index in [0.29, 0.717) is 0 Å². The largest absolute Gasteiger partial charge is 0.398 e. The maximum atomic E-state index is 12.0. The molecule has 8 heteroatoms. The van der Waals surface area contributed by atoms with E-state index < -0.39 is 10.0 Å². The monoisotopic (exact) mass is 330 g/mol. The summed E-state index contributed by atoms with van der Waals surface area (Å²) in [6.45, 7) is 0.161. The van der Waals surface area contributed by atoms with Gasteiger partial charge in [-0.1, -0.05) is 15.9 Å². The Kier molecular flexibility index (Phi) is 3.69. The van der Waals surface area contributed by atoms with Crippen LogP contribution in [0.5, 0.6) is 0 Å². The Hall–Kier alpha value is -1.38. The molecule has 4 N–H and O–H groups in total. The highest BCUT2D eigenvalue weighted by molar-refractivity contribution is 9.10. The minimum absolute atomic E-state index is 0.0641. The van der Waals surface area contributed by atoms with Crippen LogP contribution in [0.3, 0.4) is 0 Å². The van der Waals surface area contributed by atoms with Crippen LogP contribution >= 0.6 is 15.9 Å². The van der Waals surface area contributed by atoms with Gasteiger partial charge in [0.25, 0.3) is 0 Å². The lowest BCUT2D eigenvalue weighted by atomic mass is 10.3. The van der Waals surface area contributed by atoms with E-state index in [0.717, 1.165) is 10.0 Å². The van der Waals surface area contributed by atoms with Gasteiger partial charge in [0, 0.05) is 22.8 Å². The fourth-order valence-electron chi connectivity index (χ4n) is 1.39. The van der Waals surface area contributed by atoms with Crippen molar-refractivity contribution in [3.8, 4) is 0 Å². The first-order valence-electron chi connectivity index (χ1n) is 5.01. The molecule has 2 rings (SSSR count). The van der Waals surface area contributed by atoms with Crippen molar-refractivity contribution in [3.63, 3.8) is 0 Å². The van der Waals surface area contributed by atoms with Crippen LogP contribution in [0.15, 0.2) is 40.0 Å². The number of anilines is 1. The molecule has 0 aliphatic rings. The van der Waals surface area contributed by atoms with Gasteiger partial charge in [0.1, 0.15) is 4.90 Å². The Morgan fingerprint density at radius 3 is 2.83 bits per heavy atom. The van der Waals surface area contributed by atoms with Crippen LogP contribution < -0.4 is 10.5 Å². The quantitative estimate of drug-likeness (QED) is 0.734. The fraction of sp³-hybridized carbons (Fsp3) is 0.100. The number of H-pyrrole nitrogens is 1. The maximum absolute atomic E-state index is 12.0. The first kappa shape index (κ1) is 13.1. The third-order valence-corrected chi connectivity index (χ3v) is 4.25. The van der Waals surface area contributed by atoms with E-state index in [4.69, 9.17) is 5.73 Å². The zero-order chi connectivity index (χ0) is 13.2. The summed E-state index contributed by atoms with van der Waals surface area (Å²) in [4.78, 5) is 0.0641. The highest BCUT2D eigenvalue weighted by Gasteiger charge is 2.17. The molecule has 1 heterocycles. The number of nitrogen functional groups attached to an aromatic ring is 1. The number of nitrogens with zero attached hydrogens (tertiary/aromatic N) is 1. The third-order valence-electron chi connectivity index (χ3n) is 2.28. The van der Waals surface area contributed by atoms with Crippen molar-refractivity contribution in [1.82, 2.24) is 14.9 Å². The summed E-state index contributed by atoms with van der Waals surface area (Å²) < 4.78 is 27.2. The number of nitrogens with two attached hydrogens (primary N) is 1. The van der Waals surface area contributed by atoms with Crippen LogP contribution in [0.4, 0.5) is 5.69 Å². The molecule has 6 nitrogen and oxygen atoms in total. The molecular weight excluding hydrogens is 320 g/mol. The van der Waals surface area contributed by atoms with Crippen LogP contribution in [-0.4, -0.2) is 18.6 Å². The van der Waals surface area contributed by atoms with Crippen molar-refractivity contribution in [2.75, 3.05) is 5.73 Å². The summed E-state index contributed by atoms with van der Waals surface area (Å²) >= 11 is 3.23. The molecule has 2 aromatic rings. The highest BCUT2D eigenvalue weighted by Crippen LogP contribution is 2.22. The molecule has 0 atom stereocenters. The van der Waals surface area contributed by atoms with E-state index in [-0.39, 0.29) is 17.1 Å². The lowest BCUT2D eigenvalue weighted by Gasteiger charge is -2.08. The predicted molar refractivity (Wildman–Crippen MR) is 71.2 cm³/mol. The first-order valence-corrected chi connectivity index (χ1v) is 7.29. The van der Waals surface area contributed by atoms with E-state index in [1.165, 1.54) is 6.07 Å². The maximum Gasteiger partial charge on any atom is 0.242 e. The molecule has 1 aromatic heterocycles. The van der Waals surface area contributed by atoms with Crippen LogP contribution in [0.25, 0.3) is 0 Å². The molecule has 0 saturated heterocycles. The Morgan fingerprint density at radius 2 is 2.22 bits per heavy atom. The van der Waals surface area contributed by atoms with Crippen molar-refractivity contribution < 1.29 is 8.42 Å². The molecular formula is C10H11BrN4O2S. The van der Waals surface area contributed by atoms with Gasteiger partial charge < -0.3 is 5.73 Å². The van der Waals surface area contributed by atoms with E-state index in [9.17, 15) is 8.42 Å². The Morgan fingerprint density at radius 1 is 1.44 bits per heavy atom. The van der Waals surface area contributed by atoms with E-state index >= 15 is 0 Å². The number of halogens is 1. The van der Waals surface area contributed by atoms with E-state index in [1.54, 1.807) is 24.5 Å². The molecule has 0 fully saturated rings. The van der Waals surface area contributed by atoms with Gasteiger partial charge in [-0.25, -0.2) is 13.1 Å². The van der Waals surface area contributed by atoms with Gasteiger partial charge in [-0.2, -0.15) is 5.10 Å². The summed E-state index contributed by atoms with van der Waals surface area (Å²) in [6.07, 6.45) is 3.17. The summed E-state index contributed by atoms with van der Waals surface area (Å²) in [7, 11) is -3.62. The lowest BCUT2D eigenvalue weighted by Crippen LogP contribution is -2.24. The second-order valence-corrected chi connectivity index (χ2v) is 6.26. The molecule has 0 amide bonds. The van der Waals surface area contributed by atoms with Crippen LogP contribution in [0.1, 0.15) is 5.56 Å². The number of rotatable bonds is 4. The molecule has 0 unspecified atom stereocenters. The molecule has 96 valence electrons. The molecule has 0 radical (unpaired) electrons. The molecule has 1 aromatic carbocycles. The van der Waals surface area contributed by atoms with Crippen molar-refractivity contribution in [3.05, 3.63) is 40.6 Å². The number of sulfonamides is 1. The van der Waals surface area contributed by atoms with E-state index in [1.807, 2.05) is 0 Å². The summed E-state index contributed by atoms with van der Waals surface area (Å²) in [5.41, 5.74) is 6.63. The zero-order valence-electron chi connectivity index (χ0n) is 9.22. The van der Waals surface area contributed by atoms with Gasteiger partial charge in [0.15, 0.2) is 0 Å². The van der Waals surface area contributed by atoms with Gasteiger partial charge in [0.2, 0.25) is 10.0 Å². The van der Waals surface area contributed by atoms with Gasteiger partial charge >= 0.3 is 0 Å².